The lowest BCUT2D eigenvalue weighted by Crippen LogP contribution is -2.57. The van der Waals surface area contributed by atoms with E-state index >= 15 is 0 Å². The molecule has 5 aliphatic rings. The van der Waals surface area contributed by atoms with Gasteiger partial charge in [-0.25, -0.2) is 0 Å². The first-order valence-electron chi connectivity index (χ1n) is 11.9. The molecule has 2 saturated carbocycles. The van der Waals surface area contributed by atoms with E-state index in [1.165, 1.54) is 50.5 Å². The predicted octanol–water partition coefficient (Wildman–Crippen LogP) is 4.29. The molecule has 0 aromatic carbocycles. The maximum atomic E-state index is 7.32. The third-order valence-corrected chi connectivity index (χ3v) is 9.27. The van der Waals surface area contributed by atoms with Crippen molar-refractivity contribution in [3.63, 3.8) is 0 Å². The van der Waals surface area contributed by atoms with E-state index in [4.69, 9.17) is 4.74 Å². The lowest BCUT2D eigenvalue weighted by Gasteiger charge is -2.54. The zero-order chi connectivity index (χ0) is 21.1. The number of fused-ring (bicyclic) bond motifs is 1. The first-order chi connectivity index (χ1) is 14.3. The van der Waals surface area contributed by atoms with E-state index in [2.05, 4.69) is 55.0 Å². The monoisotopic (exact) mass is 409 g/mol. The van der Waals surface area contributed by atoms with E-state index in [-0.39, 0.29) is 16.6 Å². The molecule has 3 unspecified atom stereocenters. The predicted molar refractivity (Wildman–Crippen MR) is 124 cm³/mol. The highest BCUT2D eigenvalue weighted by Crippen LogP contribution is 2.66. The van der Waals surface area contributed by atoms with E-state index in [9.17, 15) is 0 Å². The van der Waals surface area contributed by atoms with Crippen LogP contribution in [-0.2, 0) is 4.74 Å². The topological polar surface area (TPSA) is 36.9 Å². The number of rotatable bonds is 5. The summed E-state index contributed by atoms with van der Waals surface area (Å²) in [5.74, 6) is 0.604. The second-order valence-electron chi connectivity index (χ2n) is 11.0. The lowest BCUT2D eigenvalue weighted by molar-refractivity contribution is -0.140. The Kier molecular flexibility index (Phi) is 4.92. The van der Waals surface area contributed by atoms with Gasteiger partial charge < -0.3 is 15.0 Å². The molecule has 2 spiro atoms. The number of nitrogens with one attached hydrogen (secondary N) is 1. The van der Waals surface area contributed by atoms with Gasteiger partial charge in [0, 0.05) is 31.9 Å². The SMILES string of the molecule is C=C(/C=N\C)CNC1CC[C@@H]2C1(C)CC=C1C=C3CCC(N(C)C)C[C@]34CC[C@@]12O4. The molecule has 0 radical (unpaired) electrons. The molecule has 0 aromatic heterocycles. The van der Waals surface area contributed by atoms with Crippen molar-refractivity contribution < 1.29 is 4.74 Å². The Labute approximate surface area is 182 Å². The summed E-state index contributed by atoms with van der Waals surface area (Å²) < 4.78 is 7.32. The van der Waals surface area contributed by atoms with Crippen molar-refractivity contribution in [2.45, 2.75) is 81.6 Å². The minimum Gasteiger partial charge on any atom is -0.359 e. The maximum absolute atomic E-state index is 7.32. The van der Waals surface area contributed by atoms with Crippen LogP contribution in [0.2, 0.25) is 0 Å². The van der Waals surface area contributed by atoms with Crippen molar-refractivity contribution in [2.24, 2.45) is 16.3 Å². The molecule has 30 heavy (non-hydrogen) atoms. The second-order valence-corrected chi connectivity index (χ2v) is 11.0. The molecule has 3 aliphatic carbocycles. The van der Waals surface area contributed by atoms with Crippen LogP contribution in [0.15, 0.2) is 40.4 Å². The summed E-state index contributed by atoms with van der Waals surface area (Å²) in [6.07, 6.45) is 16.7. The van der Waals surface area contributed by atoms with E-state index in [0.717, 1.165) is 18.5 Å². The van der Waals surface area contributed by atoms with Gasteiger partial charge in [-0.3, -0.25) is 4.99 Å². The van der Waals surface area contributed by atoms with Gasteiger partial charge in [-0.1, -0.05) is 25.7 Å². The number of hydrogen-bond acceptors (Lipinski definition) is 4. The maximum Gasteiger partial charge on any atom is 0.0975 e. The van der Waals surface area contributed by atoms with Crippen molar-refractivity contribution in [1.82, 2.24) is 10.2 Å². The summed E-state index contributed by atoms with van der Waals surface area (Å²) in [5.41, 5.74) is 4.36. The molecule has 4 nitrogen and oxygen atoms in total. The van der Waals surface area contributed by atoms with Crippen molar-refractivity contribution >= 4 is 6.21 Å². The Hall–Kier alpha value is -1.23. The largest absolute Gasteiger partial charge is 0.359 e. The van der Waals surface area contributed by atoms with Gasteiger partial charge in [-0.05, 0) is 93.5 Å². The highest BCUT2D eigenvalue weighted by molar-refractivity contribution is 5.77. The van der Waals surface area contributed by atoms with Crippen molar-refractivity contribution in [3.8, 4) is 0 Å². The molecular weight excluding hydrogens is 370 g/mol. The number of nitrogens with zero attached hydrogens (tertiary/aromatic N) is 2. The third-order valence-electron chi connectivity index (χ3n) is 9.27. The van der Waals surface area contributed by atoms with Crippen molar-refractivity contribution in [3.05, 3.63) is 35.5 Å². The fourth-order valence-electron chi connectivity index (χ4n) is 7.64. The highest BCUT2D eigenvalue weighted by atomic mass is 16.5. The van der Waals surface area contributed by atoms with Crippen LogP contribution >= 0.6 is 0 Å². The van der Waals surface area contributed by atoms with E-state index in [0.29, 0.717) is 18.0 Å². The van der Waals surface area contributed by atoms with Crippen LogP contribution in [0, 0.1) is 11.3 Å². The smallest absolute Gasteiger partial charge is 0.0975 e. The quantitative estimate of drug-likeness (QED) is 0.688. The number of hydrogen-bond donors (Lipinski definition) is 1. The fourth-order valence-corrected chi connectivity index (χ4v) is 7.64. The third kappa shape index (κ3) is 2.87. The molecule has 2 heterocycles. The second kappa shape index (κ2) is 7.15. The van der Waals surface area contributed by atoms with E-state index in [1.54, 1.807) is 5.57 Å². The van der Waals surface area contributed by atoms with Crippen LogP contribution in [0.1, 0.15) is 58.3 Å². The molecule has 164 valence electrons. The van der Waals surface area contributed by atoms with Crippen LogP contribution in [0.5, 0.6) is 0 Å². The summed E-state index contributed by atoms with van der Waals surface area (Å²) in [7, 11) is 6.28. The molecule has 5 rings (SSSR count). The van der Waals surface area contributed by atoms with Gasteiger partial charge in [-0.2, -0.15) is 0 Å². The summed E-state index contributed by atoms with van der Waals surface area (Å²) in [4.78, 5) is 6.53. The fraction of sp³-hybridized carbons (Fsp3) is 0.731. The molecule has 0 amide bonds. The molecule has 2 bridgehead atoms. The average molecular weight is 410 g/mol. The molecule has 1 N–H and O–H groups in total. The summed E-state index contributed by atoms with van der Waals surface area (Å²) in [6.45, 7) is 7.48. The number of aliphatic imine (C=N–C) groups is 1. The van der Waals surface area contributed by atoms with E-state index in [1.807, 2.05) is 13.3 Å². The Morgan fingerprint density at radius 2 is 2.17 bits per heavy atom. The van der Waals surface area contributed by atoms with Gasteiger partial charge >= 0.3 is 0 Å². The Bertz CT molecular complexity index is 826. The minimum atomic E-state index is -0.0526. The van der Waals surface area contributed by atoms with Crippen LogP contribution in [0.4, 0.5) is 0 Å². The first kappa shape index (κ1) is 20.7. The van der Waals surface area contributed by atoms with Gasteiger partial charge in [-0.15, -0.1) is 0 Å². The summed E-state index contributed by atoms with van der Waals surface area (Å²) in [5, 5.41) is 3.84. The normalized spacial score (nSPS) is 44.5. The lowest BCUT2D eigenvalue weighted by atomic mass is 9.60. The Morgan fingerprint density at radius 3 is 2.93 bits per heavy atom. The number of allylic oxidation sites excluding steroid dienone is 1. The average Bonchev–Trinajstić information content (AvgIpc) is 3.21. The minimum absolute atomic E-state index is 0.000167. The summed E-state index contributed by atoms with van der Waals surface area (Å²) >= 11 is 0. The first-order valence-corrected chi connectivity index (χ1v) is 11.9. The molecule has 0 aromatic rings. The van der Waals surface area contributed by atoms with Gasteiger partial charge in [0.05, 0.1) is 11.2 Å². The molecule has 4 heteroatoms. The highest BCUT2D eigenvalue weighted by Gasteiger charge is 2.66. The van der Waals surface area contributed by atoms with Crippen LogP contribution in [-0.4, -0.2) is 62.1 Å². The van der Waals surface area contributed by atoms with Crippen molar-refractivity contribution in [2.75, 3.05) is 27.7 Å². The van der Waals surface area contributed by atoms with Crippen LogP contribution < -0.4 is 5.32 Å². The van der Waals surface area contributed by atoms with Crippen LogP contribution in [0.25, 0.3) is 0 Å². The Balaban J connectivity index is 1.43. The number of ether oxygens (including phenoxy) is 1. The summed E-state index contributed by atoms with van der Waals surface area (Å²) in [6, 6.07) is 1.16. The molecule has 1 saturated heterocycles. The van der Waals surface area contributed by atoms with Gasteiger partial charge in [0.1, 0.15) is 0 Å². The molecule has 3 fully saturated rings. The molecular formula is C26H39N3O. The van der Waals surface area contributed by atoms with E-state index < -0.39 is 0 Å². The zero-order valence-electron chi connectivity index (χ0n) is 19.3. The standard InChI is InChI=1S/C26H39N3O/c1-18(16-27-3)17-28-23-9-8-22-24(23,2)11-10-20-14-19-6-7-21(29(4)5)15-25(19)12-13-26(20,22)30-25/h10,14,16,21-23,28H,1,6-9,11-13,15,17H2,2-5H3/b27-16-/t21?,22-,23?,24?,25-,26-/m1/s1. The van der Waals surface area contributed by atoms with Gasteiger partial charge in [0.15, 0.2) is 0 Å². The van der Waals surface area contributed by atoms with Gasteiger partial charge in [0.25, 0.3) is 0 Å². The van der Waals surface area contributed by atoms with Crippen molar-refractivity contribution in [1.29, 1.82) is 0 Å². The van der Waals surface area contributed by atoms with Gasteiger partial charge in [0.2, 0.25) is 0 Å². The molecule has 6 atom stereocenters. The van der Waals surface area contributed by atoms with Crippen LogP contribution in [0.3, 0.4) is 0 Å². The molecule has 2 aliphatic heterocycles. The zero-order valence-corrected chi connectivity index (χ0v) is 19.3. The Morgan fingerprint density at radius 1 is 1.33 bits per heavy atom.